The molecular weight excluding hydrogens is 543 g/mol. The molecule has 7 nitrogen and oxygen atoms in total. The van der Waals surface area contributed by atoms with Gasteiger partial charge in [-0.15, -0.1) is 0 Å². The maximum atomic E-state index is 15.1. The summed E-state index contributed by atoms with van der Waals surface area (Å²) in [4.78, 5) is 14.2. The minimum Gasteiger partial charge on any atom is -0.508 e. The quantitative estimate of drug-likeness (QED) is 0.333. The molecule has 0 spiro atoms. The zero-order valence-electron chi connectivity index (χ0n) is 23.1. The summed E-state index contributed by atoms with van der Waals surface area (Å²) in [7, 11) is 0. The zero-order valence-corrected chi connectivity index (χ0v) is 23.1. The Labute approximate surface area is 241 Å². The number of alkyl halides is 1. The van der Waals surface area contributed by atoms with Crippen molar-refractivity contribution < 1.29 is 23.0 Å². The van der Waals surface area contributed by atoms with Crippen molar-refractivity contribution in [2.45, 2.75) is 55.9 Å². The first kappa shape index (κ1) is 26.0. The summed E-state index contributed by atoms with van der Waals surface area (Å²) in [6, 6.07) is 11.9. The van der Waals surface area contributed by atoms with Gasteiger partial charge in [-0.05, 0) is 79.1 Å². The third kappa shape index (κ3) is 4.26. The van der Waals surface area contributed by atoms with Gasteiger partial charge in [-0.25, -0.2) is 13.2 Å². The topological polar surface area (TPSA) is 73.8 Å². The Morgan fingerprint density at radius 1 is 1.02 bits per heavy atom. The second-order valence-electron chi connectivity index (χ2n) is 12.4. The highest BCUT2D eigenvalue weighted by atomic mass is 19.2. The van der Waals surface area contributed by atoms with Gasteiger partial charge in [-0.1, -0.05) is 12.1 Å². The average molecular weight is 576 g/mol. The van der Waals surface area contributed by atoms with Gasteiger partial charge in [0.2, 0.25) is 0 Å². The molecule has 0 amide bonds. The first-order valence-corrected chi connectivity index (χ1v) is 14.8. The molecule has 10 heteroatoms. The van der Waals surface area contributed by atoms with Crippen molar-refractivity contribution in [2.75, 3.05) is 37.7 Å². The molecule has 2 N–H and O–H groups in total. The van der Waals surface area contributed by atoms with E-state index in [1.165, 1.54) is 18.2 Å². The number of anilines is 1. The van der Waals surface area contributed by atoms with Crippen LogP contribution < -0.4 is 15.0 Å². The van der Waals surface area contributed by atoms with Crippen LogP contribution in [0.2, 0.25) is 0 Å². The fraction of sp³-hybridized carbons (Fsp3) is 0.438. The molecule has 0 radical (unpaired) electrons. The Hall–Kier alpha value is -3.63. The lowest BCUT2D eigenvalue weighted by Crippen LogP contribution is -2.51. The molecule has 0 unspecified atom stereocenters. The highest BCUT2D eigenvalue weighted by Gasteiger charge is 2.49. The summed E-state index contributed by atoms with van der Waals surface area (Å²) in [5, 5.41) is 15.4. The van der Waals surface area contributed by atoms with Crippen LogP contribution in [0.4, 0.5) is 19.0 Å². The molecule has 4 fully saturated rings. The van der Waals surface area contributed by atoms with Crippen LogP contribution in [0.3, 0.4) is 0 Å². The van der Waals surface area contributed by atoms with Crippen molar-refractivity contribution >= 4 is 27.5 Å². The fourth-order valence-electron chi connectivity index (χ4n) is 7.79. The standard InChI is InChI=1S/C32H32F3N5O2/c33-20-13-32(8-1-9-40(32)14-20)17-42-31-37-27-11-18(25-12-23(41)10-19-3-7-26(34)29(35)28(19)25)2-6-24(27)30(38-31)39-15-21-4-5-22(16-39)36-21/h2-3,6-7,10-12,20-22,36,41H,1,4-5,8-9,13-17H2/t20-,21-,22+,32+/m1/s1. The van der Waals surface area contributed by atoms with Gasteiger partial charge >= 0.3 is 6.01 Å². The molecule has 5 heterocycles. The van der Waals surface area contributed by atoms with E-state index in [0.29, 0.717) is 53.7 Å². The number of rotatable bonds is 5. The lowest BCUT2D eigenvalue weighted by atomic mass is 9.95. The first-order chi connectivity index (χ1) is 20.3. The molecule has 4 atom stereocenters. The van der Waals surface area contributed by atoms with E-state index in [-0.39, 0.29) is 22.7 Å². The van der Waals surface area contributed by atoms with Crippen molar-refractivity contribution in [3.8, 4) is 22.9 Å². The Bertz CT molecular complexity index is 1710. The number of phenolic OH excluding ortho intramolecular Hbond substituents is 1. The smallest absolute Gasteiger partial charge is 0.319 e. The molecule has 218 valence electrons. The lowest BCUT2D eigenvalue weighted by Gasteiger charge is -2.34. The minimum atomic E-state index is -0.964. The number of halogens is 3. The number of hydrogen-bond donors (Lipinski definition) is 2. The number of nitrogens with one attached hydrogen (secondary N) is 1. The highest BCUT2D eigenvalue weighted by Crippen LogP contribution is 2.41. The van der Waals surface area contributed by atoms with Crippen LogP contribution in [0.15, 0.2) is 42.5 Å². The molecule has 4 aromatic rings. The van der Waals surface area contributed by atoms with Gasteiger partial charge in [0.1, 0.15) is 24.3 Å². The molecule has 4 saturated heterocycles. The number of piperazine rings is 1. The third-order valence-electron chi connectivity index (χ3n) is 9.71. The van der Waals surface area contributed by atoms with E-state index in [2.05, 4.69) is 15.1 Å². The van der Waals surface area contributed by atoms with Gasteiger partial charge in [0.25, 0.3) is 0 Å². The molecule has 42 heavy (non-hydrogen) atoms. The van der Waals surface area contributed by atoms with E-state index >= 15 is 4.39 Å². The van der Waals surface area contributed by atoms with E-state index in [1.54, 1.807) is 0 Å². The molecular formula is C32H32F3N5O2. The number of phenols is 1. The molecule has 1 aromatic heterocycles. The Morgan fingerprint density at radius 3 is 2.69 bits per heavy atom. The SMILES string of the molecule is Oc1cc(-c2ccc3c(N4C[C@H]5CC[C@@H](C4)N5)nc(OC[C@@]45CCCN4C[C@H](F)C5)nc3c2)c2c(F)c(F)ccc2c1. The van der Waals surface area contributed by atoms with Crippen molar-refractivity contribution in [3.05, 3.63) is 54.1 Å². The fourth-order valence-corrected chi connectivity index (χ4v) is 7.79. The summed E-state index contributed by atoms with van der Waals surface area (Å²) in [6.07, 6.45) is 3.72. The van der Waals surface area contributed by atoms with Crippen LogP contribution in [0.1, 0.15) is 32.1 Å². The van der Waals surface area contributed by atoms with Gasteiger partial charge in [0.05, 0.1) is 11.1 Å². The number of nitrogens with zero attached hydrogens (tertiary/aromatic N) is 4. The molecule has 4 aliphatic heterocycles. The average Bonchev–Trinajstić information content (AvgIpc) is 3.63. The third-order valence-corrected chi connectivity index (χ3v) is 9.71. The zero-order chi connectivity index (χ0) is 28.6. The maximum Gasteiger partial charge on any atom is 0.319 e. The Morgan fingerprint density at radius 2 is 1.86 bits per heavy atom. The predicted molar refractivity (Wildman–Crippen MR) is 155 cm³/mol. The van der Waals surface area contributed by atoms with E-state index in [1.807, 2.05) is 18.2 Å². The van der Waals surface area contributed by atoms with Gasteiger partial charge in [0, 0.05) is 48.9 Å². The molecule has 2 bridgehead atoms. The molecule has 8 rings (SSSR count). The van der Waals surface area contributed by atoms with Crippen LogP contribution in [0.5, 0.6) is 11.8 Å². The molecule has 4 aliphatic rings. The Kier molecular flexibility index (Phi) is 6.01. The van der Waals surface area contributed by atoms with Crippen molar-refractivity contribution in [2.24, 2.45) is 0 Å². The number of aromatic hydroxyl groups is 1. The summed E-state index contributed by atoms with van der Waals surface area (Å²) in [6.45, 7) is 3.25. The van der Waals surface area contributed by atoms with E-state index < -0.39 is 17.8 Å². The van der Waals surface area contributed by atoms with Gasteiger partial charge in [0.15, 0.2) is 11.6 Å². The molecule has 0 aliphatic carbocycles. The summed E-state index contributed by atoms with van der Waals surface area (Å²) in [5.41, 5.74) is 1.21. The number of benzene rings is 3. The van der Waals surface area contributed by atoms with Crippen LogP contribution in [-0.2, 0) is 0 Å². The number of ether oxygens (including phenoxy) is 1. The van der Waals surface area contributed by atoms with Crippen LogP contribution in [-0.4, -0.2) is 76.6 Å². The van der Waals surface area contributed by atoms with E-state index in [9.17, 15) is 13.9 Å². The second-order valence-corrected chi connectivity index (χ2v) is 12.4. The van der Waals surface area contributed by atoms with Crippen LogP contribution >= 0.6 is 0 Å². The monoisotopic (exact) mass is 575 g/mol. The van der Waals surface area contributed by atoms with Crippen molar-refractivity contribution in [1.29, 1.82) is 0 Å². The van der Waals surface area contributed by atoms with Gasteiger partial charge in [-0.3, -0.25) is 4.90 Å². The Balaban J connectivity index is 1.23. The molecule has 0 saturated carbocycles. The second kappa shape index (κ2) is 9.70. The van der Waals surface area contributed by atoms with Crippen molar-refractivity contribution in [1.82, 2.24) is 20.2 Å². The van der Waals surface area contributed by atoms with Gasteiger partial charge in [-0.2, -0.15) is 9.97 Å². The largest absolute Gasteiger partial charge is 0.508 e. The highest BCUT2D eigenvalue weighted by molar-refractivity contribution is 6.01. The minimum absolute atomic E-state index is 0.0459. The van der Waals surface area contributed by atoms with Gasteiger partial charge < -0.3 is 20.1 Å². The maximum absolute atomic E-state index is 15.1. The number of fused-ring (bicyclic) bond motifs is 5. The van der Waals surface area contributed by atoms with E-state index in [0.717, 1.165) is 62.6 Å². The van der Waals surface area contributed by atoms with Crippen LogP contribution in [0.25, 0.3) is 32.8 Å². The number of hydrogen-bond acceptors (Lipinski definition) is 7. The lowest BCUT2D eigenvalue weighted by molar-refractivity contribution is 0.107. The molecule has 3 aromatic carbocycles. The normalized spacial score (nSPS) is 27.3. The van der Waals surface area contributed by atoms with Crippen LogP contribution in [0, 0.1) is 11.6 Å². The number of aromatic nitrogens is 2. The summed E-state index contributed by atoms with van der Waals surface area (Å²) >= 11 is 0. The summed E-state index contributed by atoms with van der Waals surface area (Å²) in [5.74, 6) is -1.19. The van der Waals surface area contributed by atoms with Crippen molar-refractivity contribution in [3.63, 3.8) is 0 Å². The first-order valence-electron chi connectivity index (χ1n) is 14.8. The summed E-state index contributed by atoms with van der Waals surface area (Å²) < 4.78 is 50.1. The van der Waals surface area contributed by atoms with E-state index in [4.69, 9.17) is 14.7 Å². The predicted octanol–water partition coefficient (Wildman–Crippen LogP) is 5.33.